The monoisotopic (exact) mass is 269 g/mol. The van der Waals surface area contributed by atoms with Crippen LogP contribution in [0.5, 0.6) is 0 Å². The van der Waals surface area contributed by atoms with E-state index >= 15 is 0 Å². The topological polar surface area (TPSA) is 46.2 Å². The average Bonchev–Trinajstić information content (AvgIpc) is 2.62. The molecule has 5 heteroatoms. The number of nitrogens with one attached hydrogen (secondary N) is 1. The van der Waals surface area contributed by atoms with Gasteiger partial charge < -0.3 is 0 Å². The summed E-state index contributed by atoms with van der Waals surface area (Å²) in [6, 6.07) is 0. The number of sulfonamides is 1. The predicted molar refractivity (Wildman–Crippen MR) is 57.6 cm³/mol. The van der Waals surface area contributed by atoms with Crippen LogP contribution in [0.1, 0.15) is 33.1 Å². The molecule has 1 fully saturated rings. The third-order valence-electron chi connectivity index (χ3n) is 2.10. The van der Waals surface area contributed by atoms with E-state index in [1.165, 1.54) is 0 Å². The van der Waals surface area contributed by atoms with Crippen LogP contribution in [0.4, 0.5) is 0 Å². The molecule has 1 aliphatic carbocycles. The van der Waals surface area contributed by atoms with E-state index in [9.17, 15) is 8.42 Å². The van der Waals surface area contributed by atoms with Crippen LogP contribution in [-0.2, 0) is 10.0 Å². The fourth-order valence-electron chi connectivity index (χ4n) is 1.13. The van der Waals surface area contributed by atoms with E-state index in [1.54, 1.807) is 0 Å². The van der Waals surface area contributed by atoms with Gasteiger partial charge in [0, 0.05) is 10.9 Å². The second kappa shape index (κ2) is 3.87. The van der Waals surface area contributed by atoms with Crippen molar-refractivity contribution in [3.8, 4) is 0 Å². The van der Waals surface area contributed by atoms with E-state index in [1.807, 2.05) is 13.8 Å². The molecule has 0 aliphatic heterocycles. The van der Waals surface area contributed by atoms with Gasteiger partial charge in [-0.3, -0.25) is 0 Å². The summed E-state index contributed by atoms with van der Waals surface area (Å²) < 4.78 is 25.9. The van der Waals surface area contributed by atoms with Crippen LogP contribution in [0.3, 0.4) is 0 Å². The number of alkyl halides is 1. The minimum atomic E-state index is -3.04. The van der Waals surface area contributed by atoms with Gasteiger partial charge in [-0.05, 0) is 33.1 Å². The molecule has 1 N–H and O–H groups in total. The summed E-state index contributed by atoms with van der Waals surface area (Å²) in [7, 11) is -3.04. The first-order chi connectivity index (χ1) is 5.87. The van der Waals surface area contributed by atoms with Crippen molar-refractivity contribution in [1.82, 2.24) is 4.72 Å². The zero-order valence-electron chi connectivity index (χ0n) is 8.01. The van der Waals surface area contributed by atoms with Gasteiger partial charge in [0.1, 0.15) is 0 Å². The molecule has 0 aromatic rings. The Morgan fingerprint density at radius 1 is 1.46 bits per heavy atom. The first-order valence-corrected chi connectivity index (χ1v) is 7.13. The molecule has 0 amide bonds. The summed E-state index contributed by atoms with van der Waals surface area (Å²) in [6.45, 7) is 3.82. The second-order valence-electron chi connectivity index (χ2n) is 4.17. The maximum Gasteiger partial charge on any atom is 0.214 e. The predicted octanol–water partition coefficient (Wildman–Crippen LogP) is 1.63. The Hall–Kier alpha value is 0.390. The molecule has 1 rings (SSSR count). The van der Waals surface area contributed by atoms with Crippen LogP contribution >= 0.6 is 15.9 Å². The van der Waals surface area contributed by atoms with Crippen LogP contribution in [0.2, 0.25) is 0 Å². The van der Waals surface area contributed by atoms with Crippen LogP contribution in [-0.4, -0.2) is 24.5 Å². The van der Waals surface area contributed by atoms with Crippen molar-refractivity contribution in [2.45, 2.75) is 43.9 Å². The molecule has 0 saturated heterocycles. The number of hydrogen-bond acceptors (Lipinski definition) is 2. The highest BCUT2D eigenvalue weighted by Crippen LogP contribution is 2.29. The molecule has 0 heterocycles. The lowest BCUT2D eigenvalue weighted by atomic mass is 10.0. The summed E-state index contributed by atoms with van der Waals surface area (Å²) in [5, 5.41) is 0.690. The highest BCUT2D eigenvalue weighted by Gasteiger charge is 2.38. The lowest BCUT2D eigenvalue weighted by molar-refractivity contribution is 0.443. The molecular formula is C8H16BrNO2S. The van der Waals surface area contributed by atoms with E-state index in [2.05, 4.69) is 20.7 Å². The van der Waals surface area contributed by atoms with Crippen molar-refractivity contribution < 1.29 is 8.42 Å². The Morgan fingerprint density at radius 2 is 2.00 bits per heavy atom. The van der Waals surface area contributed by atoms with E-state index in [0.717, 1.165) is 24.6 Å². The minimum absolute atomic E-state index is 0.123. The van der Waals surface area contributed by atoms with Crippen molar-refractivity contribution in [2.24, 2.45) is 0 Å². The van der Waals surface area contributed by atoms with Gasteiger partial charge in [0.25, 0.3) is 0 Å². The smallest absolute Gasteiger partial charge is 0.212 e. The lowest BCUT2D eigenvalue weighted by Gasteiger charge is -2.24. The van der Waals surface area contributed by atoms with Gasteiger partial charge in [-0.1, -0.05) is 15.9 Å². The Balaban J connectivity index is 2.55. The van der Waals surface area contributed by atoms with Gasteiger partial charge in [0.2, 0.25) is 10.0 Å². The second-order valence-corrected chi connectivity index (χ2v) is 6.92. The minimum Gasteiger partial charge on any atom is -0.212 e. The molecule has 0 radical (unpaired) electrons. The molecule has 0 unspecified atom stereocenters. The summed E-state index contributed by atoms with van der Waals surface area (Å²) in [5.74, 6) is 0. The molecular weight excluding hydrogens is 254 g/mol. The molecule has 0 aromatic carbocycles. The first kappa shape index (κ1) is 11.5. The molecule has 0 spiro atoms. The standard InChI is InChI=1S/C8H16BrNO2S/c1-8(2,5-6-9)10-13(11,12)7-3-4-7/h7,10H,3-6H2,1-2H3. The zero-order chi connectivity index (χ0) is 10.1. The van der Waals surface area contributed by atoms with E-state index < -0.39 is 10.0 Å². The Bertz CT molecular complexity index is 270. The average molecular weight is 270 g/mol. The molecule has 1 saturated carbocycles. The zero-order valence-corrected chi connectivity index (χ0v) is 10.4. The van der Waals surface area contributed by atoms with Gasteiger partial charge in [0.15, 0.2) is 0 Å². The first-order valence-electron chi connectivity index (χ1n) is 4.46. The normalized spacial score (nSPS) is 19.0. The van der Waals surface area contributed by atoms with Gasteiger partial charge in [-0.2, -0.15) is 0 Å². The van der Waals surface area contributed by atoms with Crippen molar-refractivity contribution >= 4 is 26.0 Å². The summed E-state index contributed by atoms with van der Waals surface area (Å²) in [4.78, 5) is 0. The summed E-state index contributed by atoms with van der Waals surface area (Å²) >= 11 is 3.31. The van der Waals surface area contributed by atoms with Crippen LogP contribution in [0.25, 0.3) is 0 Å². The quantitative estimate of drug-likeness (QED) is 0.772. The third-order valence-corrected chi connectivity index (χ3v) is 4.68. The Kier molecular flexibility index (Phi) is 3.41. The Morgan fingerprint density at radius 3 is 2.38 bits per heavy atom. The number of rotatable bonds is 5. The van der Waals surface area contributed by atoms with E-state index in [-0.39, 0.29) is 10.8 Å². The highest BCUT2D eigenvalue weighted by molar-refractivity contribution is 9.09. The van der Waals surface area contributed by atoms with E-state index in [4.69, 9.17) is 0 Å². The van der Waals surface area contributed by atoms with Gasteiger partial charge in [0.05, 0.1) is 5.25 Å². The van der Waals surface area contributed by atoms with Gasteiger partial charge >= 0.3 is 0 Å². The summed E-state index contributed by atoms with van der Waals surface area (Å²) in [6.07, 6.45) is 2.44. The lowest BCUT2D eigenvalue weighted by Crippen LogP contribution is -2.45. The number of halogens is 1. The van der Waals surface area contributed by atoms with Crippen LogP contribution in [0, 0.1) is 0 Å². The van der Waals surface area contributed by atoms with Crippen molar-refractivity contribution in [2.75, 3.05) is 5.33 Å². The summed E-state index contributed by atoms with van der Waals surface area (Å²) in [5.41, 5.74) is -0.328. The fraction of sp³-hybridized carbons (Fsp3) is 1.00. The highest BCUT2D eigenvalue weighted by atomic mass is 79.9. The Labute approximate surface area is 88.5 Å². The molecule has 0 bridgehead atoms. The molecule has 0 atom stereocenters. The third kappa shape index (κ3) is 3.56. The molecule has 0 aromatic heterocycles. The van der Waals surface area contributed by atoms with Crippen molar-refractivity contribution in [3.05, 3.63) is 0 Å². The fourth-order valence-corrected chi connectivity index (χ4v) is 3.92. The maximum absolute atomic E-state index is 11.6. The molecule has 78 valence electrons. The molecule has 3 nitrogen and oxygen atoms in total. The van der Waals surface area contributed by atoms with Gasteiger partial charge in [-0.25, -0.2) is 13.1 Å². The number of hydrogen-bond donors (Lipinski definition) is 1. The van der Waals surface area contributed by atoms with Crippen molar-refractivity contribution in [1.29, 1.82) is 0 Å². The molecule has 1 aliphatic rings. The molecule has 13 heavy (non-hydrogen) atoms. The largest absolute Gasteiger partial charge is 0.214 e. The van der Waals surface area contributed by atoms with Crippen molar-refractivity contribution in [3.63, 3.8) is 0 Å². The SMILES string of the molecule is CC(C)(CCBr)NS(=O)(=O)C1CC1. The van der Waals surface area contributed by atoms with E-state index in [0.29, 0.717) is 0 Å². The maximum atomic E-state index is 11.6. The van der Waals surface area contributed by atoms with Crippen LogP contribution in [0.15, 0.2) is 0 Å². The van der Waals surface area contributed by atoms with Gasteiger partial charge in [-0.15, -0.1) is 0 Å². The van der Waals surface area contributed by atoms with Crippen LogP contribution < -0.4 is 4.72 Å².